The minimum Gasteiger partial charge on any atom is -0.508 e. The molecule has 1 aliphatic rings. The molecule has 1 aromatic rings. The van der Waals surface area contributed by atoms with Crippen LogP contribution in [0.4, 0.5) is 0 Å². The van der Waals surface area contributed by atoms with Gasteiger partial charge in [0.05, 0.1) is 12.7 Å². The summed E-state index contributed by atoms with van der Waals surface area (Å²) < 4.78 is 5.10. The van der Waals surface area contributed by atoms with E-state index in [1.54, 1.807) is 25.3 Å². The van der Waals surface area contributed by atoms with Crippen LogP contribution in [0.2, 0.25) is 0 Å². The third kappa shape index (κ3) is 1.35. The molecule has 2 rings (SSSR count). The number of ether oxygens (including phenoxy) is 1. The second-order valence-electron chi connectivity index (χ2n) is 3.42. The fraction of sp³-hybridized carbons (Fsp3) is 0.400. The van der Waals surface area contributed by atoms with Crippen molar-refractivity contribution >= 4 is 0 Å². The normalized spacial score (nSPS) is 18.3. The maximum Gasteiger partial charge on any atom is 0.125 e. The first-order valence-corrected chi connectivity index (χ1v) is 4.25. The van der Waals surface area contributed by atoms with Crippen LogP contribution in [0, 0.1) is 0 Å². The van der Waals surface area contributed by atoms with Gasteiger partial charge in [-0.15, -0.1) is 0 Å². The number of methoxy groups -OCH3 is 1. The topological polar surface area (TPSA) is 49.7 Å². The van der Waals surface area contributed by atoms with Gasteiger partial charge in [0, 0.05) is 5.56 Å². The molecule has 0 saturated heterocycles. The summed E-state index contributed by atoms with van der Waals surface area (Å²) in [5.74, 6) is 0.800. The van der Waals surface area contributed by atoms with Gasteiger partial charge in [-0.25, -0.2) is 0 Å². The smallest absolute Gasteiger partial charge is 0.125 e. The average molecular weight is 180 g/mol. The number of hydrogen-bond donors (Lipinski definition) is 2. The highest BCUT2D eigenvalue weighted by Gasteiger charge is 2.44. The van der Waals surface area contributed by atoms with E-state index in [-0.39, 0.29) is 5.75 Å². The molecular formula is C10H12O3. The lowest BCUT2D eigenvalue weighted by Gasteiger charge is -2.13. The van der Waals surface area contributed by atoms with E-state index < -0.39 is 5.60 Å². The van der Waals surface area contributed by atoms with Gasteiger partial charge in [0.25, 0.3) is 0 Å². The Morgan fingerprint density at radius 1 is 1.38 bits per heavy atom. The van der Waals surface area contributed by atoms with E-state index in [9.17, 15) is 10.2 Å². The second-order valence-corrected chi connectivity index (χ2v) is 3.42. The molecule has 0 radical (unpaired) electrons. The largest absolute Gasteiger partial charge is 0.508 e. The van der Waals surface area contributed by atoms with Gasteiger partial charge in [0.2, 0.25) is 0 Å². The zero-order valence-electron chi connectivity index (χ0n) is 7.45. The summed E-state index contributed by atoms with van der Waals surface area (Å²) in [6, 6.07) is 4.78. The monoisotopic (exact) mass is 180 g/mol. The van der Waals surface area contributed by atoms with E-state index in [0.29, 0.717) is 11.3 Å². The van der Waals surface area contributed by atoms with E-state index in [2.05, 4.69) is 0 Å². The molecule has 0 aliphatic heterocycles. The Kier molecular flexibility index (Phi) is 1.70. The number of phenols is 1. The summed E-state index contributed by atoms with van der Waals surface area (Å²) in [5.41, 5.74) is -0.0700. The van der Waals surface area contributed by atoms with Gasteiger partial charge in [-0.2, -0.15) is 0 Å². The first kappa shape index (κ1) is 8.38. The van der Waals surface area contributed by atoms with Crippen LogP contribution in [0.3, 0.4) is 0 Å². The van der Waals surface area contributed by atoms with Crippen molar-refractivity contribution in [2.75, 3.05) is 7.11 Å². The molecule has 0 amide bonds. The molecule has 0 unspecified atom stereocenters. The third-order valence-corrected chi connectivity index (χ3v) is 2.41. The molecule has 3 heteroatoms. The van der Waals surface area contributed by atoms with Crippen molar-refractivity contribution in [1.29, 1.82) is 0 Å². The number of rotatable bonds is 2. The first-order chi connectivity index (χ1) is 6.15. The Labute approximate surface area is 76.6 Å². The van der Waals surface area contributed by atoms with Crippen LogP contribution in [-0.4, -0.2) is 17.3 Å². The Hall–Kier alpha value is -1.22. The number of benzene rings is 1. The van der Waals surface area contributed by atoms with Crippen LogP contribution < -0.4 is 4.74 Å². The Morgan fingerprint density at radius 3 is 2.62 bits per heavy atom. The number of aromatic hydroxyl groups is 1. The Balaban J connectivity index is 2.47. The first-order valence-electron chi connectivity index (χ1n) is 4.25. The molecule has 0 bridgehead atoms. The van der Waals surface area contributed by atoms with Crippen molar-refractivity contribution in [2.24, 2.45) is 0 Å². The summed E-state index contributed by atoms with van der Waals surface area (Å²) in [6.45, 7) is 0. The van der Waals surface area contributed by atoms with E-state index in [4.69, 9.17) is 4.74 Å². The van der Waals surface area contributed by atoms with Gasteiger partial charge in [-0.1, -0.05) is 0 Å². The molecule has 2 N–H and O–H groups in total. The van der Waals surface area contributed by atoms with Gasteiger partial charge in [0.15, 0.2) is 0 Å². The summed E-state index contributed by atoms with van der Waals surface area (Å²) in [7, 11) is 1.56. The van der Waals surface area contributed by atoms with Crippen LogP contribution in [0.5, 0.6) is 11.5 Å². The molecule has 0 atom stereocenters. The quantitative estimate of drug-likeness (QED) is 0.723. The Bertz CT molecular complexity index is 329. The Morgan fingerprint density at radius 2 is 2.08 bits per heavy atom. The number of hydrogen-bond acceptors (Lipinski definition) is 3. The SMILES string of the molecule is COc1ccc(O)cc1C1(O)CC1. The molecule has 0 heterocycles. The van der Waals surface area contributed by atoms with Crippen molar-refractivity contribution in [1.82, 2.24) is 0 Å². The van der Waals surface area contributed by atoms with Crippen LogP contribution in [-0.2, 0) is 5.60 Å². The lowest BCUT2D eigenvalue weighted by atomic mass is 10.1. The summed E-state index contributed by atoms with van der Waals surface area (Å²) in [5, 5.41) is 19.1. The number of phenolic OH excluding ortho intramolecular Hbond substituents is 1. The van der Waals surface area contributed by atoms with E-state index in [0.717, 1.165) is 12.8 Å². The fourth-order valence-electron chi connectivity index (χ4n) is 1.45. The second kappa shape index (κ2) is 2.64. The van der Waals surface area contributed by atoms with Crippen LogP contribution in [0.15, 0.2) is 18.2 Å². The lowest BCUT2D eigenvalue weighted by Crippen LogP contribution is -2.06. The minimum absolute atomic E-state index is 0.163. The van der Waals surface area contributed by atoms with E-state index in [1.807, 2.05) is 0 Å². The van der Waals surface area contributed by atoms with Gasteiger partial charge < -0.3 is 14.9 Å². The summed E-state index contributed by atoms with van der Waals surface area (Å²) >= 11 is 0. The lowest BCUT2D eigenvalue weighted by molar-refractivity contribution is 0.147. The molecule has 1 saturated carbocycles. The van der Waals surface area contributed by atoms with Crippen molar-refractivity contribution < 1.29 is 14.9 Å². The zero-order valence-corrected chi connectivity index (χ0v) is 7.45. The van der Waals surface area contributed by atoms with Gasteiger partial charge in [-0.3, -0.25) is 0 Å². The maximum absolute atomic E-state index is 9.85. The van der Waals surface area contributed by atoms with Crippen LogP contribution in [0.1, 0.15) is 18.4 Å². The molecule has 0 spiro atoms. The predicted molar refractivity (Wildman–Crippen MR) is 47.8 cm³/mol. The summed E-state index contributed by atoms with van der Waals surface area (Å²) in [6.07, 6.45) is 1.49. The molecule has 1 aromatic carbocycles. The van der Waals surface area contributed by atoms with E-state index >= 15 is 0 Å². The molecule has 0 aromatic heterocycles. The van der Waals surface area contributed by atoms with E-state index in [1.165, 1.54) is 0 Å². The standard InChI is InChI=1S/C10H12O3/c1-13-9-3-2-7(11)6-8(9)10(12)4-5-10/h2-3,6,11-12H,4-5H2,1H3. The van der Waals surface area contributed by atoms with Crippen LogP contribution >= 0.6 is 0 Å². The molecule has 1 fully saturated rings. The van der Waals surface area contributed by atoms with Crippen molar-refractivity contribution in [3.05, 3.63) is 23.8 Å². The molecule has 1 aliphatic carbocycles. The molecular weight excluding hydrogens is 168 g/mol. The predicted octanol–water partition coefficient (Wildman–Crippen LogP) is 1.38. The van der Waals surface area contributed by atoms with Crippen molar-refractivity contribution in [3.63, 3.8) is 0 Å². The molecule has 70 valence electrons. The summed E-state index contributed by atoms with van der Waals surface area (Å²) in [4.78, 5) is 0. The van der Waals surface area contributed by atoms with Gasteiger partial charge >= 0.3 is 0 Å². The van der Waals surface area contributed by atoms with Crippen molar-refractivity contribution in [3.8, 4) is 11.5 Å². The average Bonchev–Trinajstić information content (AvgIpc) is 2.85. The molecule has 13 heavy (non-hydrogen) atoms. The fourth-order valence-corrected chi connectivity index (χ4v) is 1.45. The highest BCUT2D eigenvalue weighted by atomic mass is 16.5. The highest BCUT2D eigenvalue weighted by molar-refractivity contribution is 5.45. The minimum atomic E-state index is -0.760. The molecule has 3 nitrogen and oxygen atoms in total. The number of aliphatic hydroxyl groups is 1. The van der Waals surface area contributed by atoms with Gasteiger partial charge in [-0.05, 0) is 31.0 Å². The van der Waals surface area contributed by atoms with Crippen LogP contribution in [0.25, 0.3) is 0 Å². The zero-order chi connectivity index (χ0) is 9.47. The highest BCUT2D eigenvalue weighted by Crippen LogP contribution is 2.49. The van der Waals surface area contributed by atoms with Crippen molar-refractivity contribution in [2.45, 2.75) is 18.4 Å². The third-order valence-electron chi connectivity index (χ3n) is 2.41. The maximum atomic E-state index is 9.85. The van der Waals surface area contributed by atoms with Gasteiger partial charge in [0.1, 0.15) is 11.5 Å².